The van der Waals surface area contributed by atoms with Gasteiger partial charge in [-0.2, -0.15) is 36.9 Å². The second-order valence-electron chi connectivity index (χ2n) is 9.47. The molecule has 0 unspecified atom stereocenters. The molecule has 3 aromatic rings. The second kappa shape index (κ2) is 9.85. The lowest BCUT2D eigenvalue weighted by Crippen LogP contribution is -2.17. The summed E-state index contributed by atoms with van der Waals surface area (Å²) in [6.45, 7) is 6.12. The SMILES string of the molecule is CCCCCC(C)(C)c1ccc2cc(C#N)c(C#N)c(-c3cc(C(F)(F)F)cc(C(F)(F)F)c3)c2c1. The zero-order valence-electron chi connectivity index (χ0n) is 20.0. The number of nitriles is 2. The van der Waals surface area contributed by atoms with Gasteiger partial charge < -0.3 is 0 Å². The van der Waals surface area contributed by atoms with Gasteiger partial charge in [0.15, 0.2) is 0 Å². The number of unbranched alkanes of at least 4 members (excludes halogenated alkanes) is 2. The number of benzene rings is 3. The Kier molecular flexibility index (Phi) is 7.41. The Labute approximate surface area is 205 Å². The smallest absolute Gasteiger partial charge is 0.192 e. The summed E-state index contributed by atoms with van der Waals surface area (Å²) in [5.74, 6) is 0. The minimum Gasteiger partial charge on any atom is -0.192 e. The van der Waals surface area contributed by atoms with Gasteiger partial charge in [-0.1, -0.05) is 52.2 Å². The minimum atomic E-state index is -5.04. The van der Waals surface area contributed by atoms with Gasteiger partial charge in [0.25, 0.3) is 0 Å². The summed E-state index contributed by atoms with van der Waals surface area (Å²) in [7, 11) is 0. The predicted molar refractivity (Wildman–Crippen MR) is 126 cm³/mol. The first-order valence-electron chi connectivity index (χ1n) is 11.4. The van der Waals surface area contributed by atoms with Crippen molar-refractivity contribution in [3.8, 4) is 23.3 Å². The van der Waals surface area contributed by atoms with Crippen molar-refractivity contribution in [2.45, 2.75) is 64.2 Å². The number of halogens is 6. The molecule has 0 amide bonds. The fourth-order valence-electron chi connectivity index (χ4n) is 4.38. The summed E-state index contributed by atoms with van der Waals surface area (Å²) >= 11 is 0. The molecule has 36 heavy (non-hydrogen) atoms. The van der Waals surface area contributed by atoms with Crippen LogP contribution < -0.4 is 0 Å². The van der Waals surface area contributed by atoms with Crippen molar-refractivity contribution in [3.05, 3.63) is 70.3 Å². The zero-order chi connectivity index (χ0) is 26.9. The first-order chi connectivity index (χ1) is 16.7. The molecule has 0 saturated heterocycles. The van der Waals surface area contributed by atoms with Crippen LogP contribution in [0.4, 0.5) is 26.3 Å². The molecule has 0 radical (unpaired) electrons. The van der Waals surface area contributed by atoms with E-state index in [0.717, 1.165) is 31.2 Å². The Balaban J connectivity index is 2.41. The van der Waals surface area contributed by atoms with Crippen LogP contribution in [0.25, 0.3) is 21.9 Å². The van der Waals surface area contributed by atoms with Gasteiger partial charge in [-0.25, -0.2) is 0 Å². The van der Waals surface area contributed by atoms with Crippen LogP contribution in [0.15, 0.2) is 42.5 Å². The number of rotatable bonds is 6. The molecule has 0 heterocycles. The first-order valence-corrected chi connectivity index (χ1v) is 11.4. The fraction of sp³-hybridized carbons (Fsp3) is 0.357. The fourth-order valence-corrected chi connectivity index (χ4v) is 4.38. The summed E-state index contributed by atoms with van der Waals surface area (Å²) in [5.41, 5.74) is -3.38. The van der Waals surface area contributed by atoms with Gasteiger partial charge in [0.1, 0.15) is 12.1 Å². The molecule has 0 saturated carbocycles. The van der Waals surface area contributed by atoms with E-state index in [0.29, 0.717) is 22.9 Å². The quantitative estimate of drug-likeness (QED) is 0.249. The van der Waals surface area contributed by atoms with Crippen molar-refractivity contribution in [1.82, 2.24) is 0 Å². The van der Waals surface area contributed by atoms with Gasteiger partial charge in [-0.3, -0.25) is 0 Å². The molecular formula is C28H24F6N2. The van der Waals surface area contributed by atoms with Crippen LogP contribution in [-0.2, 0) is 17.8 Å². The molecule has 0 atom stereocenters. The molecule has 8 heteroatoms. The van der Waals surface area contributed by atoms with E-state index in [2.05, 4.69) is 6.92 Å². The van der Waals surface area contributed by atoms with Crippen molar-refractivity contribution >= 4 is 10.8 Å². The van der Waals surface area contributed by atoms with Crippen molar-refractivity contribution in [3.63, 3.8) is 0 Å². The summed E-state index contributed by atoms with van der Waals surface area (Å²) in [6.07, 6.45) is -6.26. The lowest BCUT2D eigenvalue weighted by molar-refractivity contribution is -0.143. The topological polar surface area (TPSA) is 47.6 Å². The third-order valence-electron chi connectivity index (χ3n) is 6.44. The van der Waals surface area contributed by atoms with Crippen molar-refractivity contribution in [2.24, 2.45) is 0 Å². The molecule has 0 fully saturated rings. The van der Waals surface area contributed by atoms with Crippen molar-refractivity contribution < 1.29 is 26.3 Å². The molecule has 3 rings (SSSR count). The summed E-state index contributed by atoms with van der Waals surface area (Å²) < 4.78 is 81.5. The third-order valence-corrected chi connectivity index (χ3v) is 6.44. The Morgan fingerprint density at radius 1 is 0.750 bits per heavy atom. The Bertz CT molecular complexity index is 1340. The van der Waals surface area contributed by atoms with E-state index < -0.39 is 29.0 Å². The molecule has 0 aliphatic rings. The normalized spacial score (nSPS) is 12.4. The van der Waals surface area contributed by atoms with Crippen LogP contribution in [0.1, 0.15) is 74.3 Å². The molecule has 0 aliphatic carbocycles. The summed E-state index contributed by atoms with van der Waals surface area (Å²) in [4.78, 5) is 0. The van der Waals surface area contributed by atoms with Crippen LogP contribution >= 0.6 is 0 Å². The highest BCUT2D eigenvalue weighted by molar-refractivity contribution is 6.01. The van der Waals surface area contributed by atoms with E-state index in [1.54, 1.807) is 12.1 Å². The van der Waals surface area contributed by atoms with E-state index in [-0.39, 0.29) is 28.2 Å². The number of nitrogens with zero attached hydrogens (tertiary/aromatic N) is 2. The number of fused-ring (bicyclic) bond motifs is 1. The van der Waals surface area contributed by atoms with Gasteiger partial charge >= 0.3 is 12.4 Å². The van der Waals surface area contributed by atoms with Crippen molar-refractivity contribution in [2.75, 3.05) is 0 Å². The molecule has 0 aromatic heterocycles. The maximum Gasteiger partial charge on any atom is 0.416 e. The highest BCUT2D eigenvalue weighted by Crippen LogP contribution is 2.43. The van der Waals surface area contributed by atoms with Crippen LogP contribution in [0.2, 0.25) is 0 Å². The number of alkyl halides is 6. The average Bonchev–Trinajstić information content (AvgIpc) is 2.81. The zero-order valence-corrected chi connectivity index (χ0v) is 20.0. The molecule has 3 aromatic carbocycles. The molecule has 2 nitrogen and oxygen atoms in total. The number of hydrogen-bond acceptors (Lipinski definition) is 2. The van der Waals surface area contributed by atoms with Gasteiger partial charge in [0, 0.05) is 5.56 Å². The maximum atomic E-state index is 13.6. The number of hydrogen-bond donors (Lipinski definition) is 0. The summed E-state index contributed by atoms with van der Waals surface area (Å²) in [6, 6.07) is 11.6. The molecule has 0 bridgehead atoms. The van der Waals surface area contributed by atoms with Gasteiger partial charge in [-0.05, 0) is 64.1 Å². The van der Waals surface area contributed by atoms with Gasteiger partial charge in [-0.15, -0.1) is 0 Å². The lowest BCUT2D eigenvalue weighted by atomic mass is 9.78. The highest BCUT2D eigenvalue weighted by atomic mass is 19.4. The van der Waals surface area contributed by atoms with Crippen LogP contribution in [0.3, 0.4) is 0 Å². The van der Waals surface area contributed by atoms with E-state index in [1.165, 1.54) is 6.07 Å². The molecule has 188 valence electrons. The Morgan fingerprint density at radius 2 is 1.36 bits per heavy atom. The minimum absolute atomic E-state index is 0.0498. The van der Waals surface area contributed by atoms with E-state index >= 15 is 0 Å². The van der Waals surface area contributed by atoms with Crippen LogP contribution in [-0.4, -0.2) is 0 Å². The molecule has 0 aliphatic heterocycles. The average molecular weight is 503 g/mol. The largest absolute Gasteiger partial charge is 0.416 e. The standard InChI is InChI=1S/C28H24F6N2/c1-4-5-6-9-26(2,3)20-8-7-17-10-19(15-35)24(16-36)25(23(17)14-20)18-11-21(27(29,30)31)13-22(12-18)28(32,33)34/h7-8,10-14H,4-6,9H2,1-3H3. The Hall–Kier alpha value is -3.52. The monoisotopic (exact) mass is 502 g/mol. The van der Waals surface area contributed by atoms with E-state index in [9.17, 15) is 36.9 Å². The Morgan fingerprint density at radius 3 is 1.86 bits per heavy atom. The first kappa shape index (κ1) is 27.1. The van der Waals surface area contributed by atoms with Gasteiger partial charge in [0.05, 0.1) is 22.3 Å². The van der Waals surface area contributed by atoms with Crippen molar-refractivity contribution in [1.29, 1.82) is 10.5 Å². The highest BCUT2D eigenvalue weighted by Gasteiger charge is 2.37. The van der Waals surface area contributed by atoms with Crippen LogP contribution in [0.5, 0.6) is 0 Å². The van der Waals surface area contributed by atoms with Gasteiger partial charge in [0.2, 0.25) is 0 Å². The third kappa shape index (κ3) is 5.49. The second-order valence-corrected chi connectivity index (χ2v) is 9.47. The molecular weight excluding hydrogens is 478 g/mol. The van der Waals surface area contributed by atoms with Crippen LogP contribution in [0, 0.1) is 22.7 Å². The van der Waals surface area contributed by atoms with E-state index in [4.69, 9.17) is 0 Å². The molecule has 0 N–H and O–H groups in total. The summed E-state index contributed by atoms with van der Waals surface area (Å²) in [5, 5.41) is 20.2. The predicted octanol–water partition coefficient (Wildman–Crippen LogP) is 9.15. The molecule has 0 spiro atoms. The maximum absolute atomic E-state index is 13.6. The van der Waals surface area contributed by atoms with E-state index in [1.807, 2.05) is 32.1 Å². The lowest BCUT2D eigenvalue weighted by Gasteiger charge is -2.26.